The first-order valence-corrected chi connectivity index (χ1v) is 7.06. The first-order valence-electron chi connectivity index (χ1n) is 7.06. The molecule has 4 nitrogen and oxygen atoms in total. The molecule has 0 bridgehead atoms. The lowest BCUT2D eigenvalue weighted by Gasteiger charge is -2.39. The van der Waals surface area contributed by atoms with Crippen LogP contribution in [0.2, 0.25) is 0 Å². The highest BCUT2D eigenvalue weighted by Crippen LogP contribution is 2.28. The first-order chi connectivity index (χ1) is 10.6. The predicted octanol–water partition coefficient (Wildman–Crippen LogP) is 2.32. The fourth-order valence-corrected chi connectivity index (χ4v) is 2.43. The lowest BCUT2D eigenvalue weighted by Crippen LogP contribution is -2.52. The van der Waals surface area contributed by atoms with Crippen molar-refractivity contribution in [3.8, 4) is 11.3 Å². The molecule has 0 radical (unpaired) electrons. The molecule has 0 spiro atoms. The summed E-state index contributed by atoms with van der Waals surface area (Å²) in [5.74, 6) is -0.568. The number of aliphatic hydroxyl groups is 1. The molecule has 2 heterocycles. The molecule has 1 saturated heterocycles. The van der Waals surface area contributed by atoms with Crippen molar-refractivity contribution in [2.75, 3.05) is 26.4 Å². The van der Waals surface area contributed by atoms with Crippen molar-refractivity contribution >= 4 is 0 Å². The van der Waals surface area contributed by atoms with Crippen LogP contribution in [0.3, 0.4) is 0 Å². The maximum Gasteiger partial charge on any atom is 0.140 e. The highest BCUT2D eigenvalue weighted by molar-refractivity contribution is 5.59. The molecule has 0 unspecified atom stereocenters. The second-order valence-corrected chi connectivity index (χ2v) is 5.62. The maximum absolute atomic E-state index is 13.7. The Morgan fingerprint density at radius 1 is 1.14 bits per heavy atom. The van der Waals surface area contributed by atoms with Crippen molar-refractivity contribution < 1.29 is 23.0 Å². The van der Waals surface area contributed by atoms with E-state index < -0.39 is 11.6 Å². The Bertz CT molecular complexity index is 627. The van der Waals surface area contributed by atoms with Gasteiger partial charge < -0.3 is 19.6 Å². The van der Waals surface area contributed by atoms with Gasteiger partial charge in [0.2, 0.25) is 0 Å². The van der Waals surface area contributed by atoms with Gasteiger partial charge in [0.1, 0.15) is 23.2 Å². The van der Waals surface area contributed by atoms with Gasteiger partial charge in [-0.1, -0.05) is 6.07 Å². The second-order valence-electron chi connectivity index (χ2n) is 5.62. The summed E-state index contributed by atoms with van der Waals surface area (Å²) < 4.78 is 38.0. The predicted molar refractivity (Wildman–Crippen MR) is 76.1 cm³/mol. The molecule has 22 heavy (non-hydrogen) atoms. The first kappa shape index (κ1) is 15.1. The van der Waals surface area contributed by atoms with Crippen LogP contribution in [-0.2, 0) is 11.3 Å². The van der Waals surface area contributed by atoms with E-state index in [1.54, 1.807) is 12.1 Å². The average Bonchev–Trinajstić information content (AvgIpc) is 2.90. The number of aliphatic hydroxyl groups excluding tert-OH is 1. The third-order valence-corrected chi connectivity index (χ3v) is 3.82. The Morgan fingerprint density at radius 3 is 2.45 bits per heavy atom. The van der Waals surface area contributed by atoms with Crippen LogP contribution < -0.4 is 5.32 Å². The summed E-state index contributed by atoms with van der Waals surface area (Å²) in [7, 11) is 0. The van der Waals surface area contributed by atoms with Gasteiger partial charge in [0.05, 0.1) is 37.3 Å². The van der Waals surface area contributed by atoms with Crippen molar-refractivity contribution in [1.29, 1.82) is 0 Å². The number of hydrogen-bond donors (Lipinski definition) is 2. The minimum absolute atomic E-state index is 0.0594. The molecular formula is C16H17F2NO3. The number of ether oxygens (including phenoxy) is 1. The Kier molecular flexibility index (Phi) is 4.24. The summed E-state index contributed by atoms with van der Waals surface area (Å²) in [6.45, 7) is 2.12. The van der Waals surface area contributed by atoms with Crippen LogP contribution in [0.4, 0.5) is 8.78 Å². The Morgan fingerprint density at radius 2 is 1.86 bits per heavy atom. The molecular weight excluding hydrogens is 292 g/mol. The van der Waals surface area contributed by atoms with Crippen LogP contribution in [-0.4, -0.2) is 31.5 Å². The minimum Gasteiger partial charge on any atom is -0.460 e. The quantitative estimate of drug-likeness (QED) is 0.860. The highest BCUT2D eigenvalue weighted by atomic mass is 19.1. The largest absolute Gasteiger partial charge is 0.460 e. The topological polar surface area (TPSA) is 54.6 Å². The van der Waals surface area contributed by atoms with Gasteiger partial charge in [-0.25, -0.2) is 8.78 Å². The molecule has 0 amide bonds. The molecule has 0 aliphatic carbocycles. The molecule has 0 atom stereocenters. The minimum atomic E-state index is -0.653. The zero-order valence-corrected chi connectivity index (χ0v) is 11.9. The van der Waals surface area contributed by atoms with E-state index in [4.69, 9.17) is 9.15 Å². The van der Waals surface area contributed by atoms with Crippen molar-refractivity contribution in [3.63, 3.8) is 0 Å². The van der Waals surface area contributed by atoms with E-state index in [9.17, 15) is 13.9 Å². The molecule has 1 aromatic heterocycles. The van der Waals surface area contributed by atoms with Crippen LogP contribution >= 0.6 is 0 Å². The molecule has 2 aromatic rings. The second kappa shape index (κ2) is 6.16. The van der Waals surface area contributed by atoms with Gasteiger partial charge in [-0.05, 0) is 24.3 Å². The molecule has 1 aliphatic rings. The van der Waals surface area contributed by atoms with E-state index in [1.807, 2.05) is 0 Å². The summed E-state index contributed by atoms with van der Waals surface area (Å²) in [5.41, 5.74) is -0.388. The van der Waals surface area contributed by atoms with Crippen LogP contribution in [0, 0.1) is 17.0 Å². The fourth-order valence-electron chi connectivity index (χ4n) is 2.43. The maximum atomic E-state index is 13.7. The summed E-state index contributed by atoms with van der Waals surface area (Å²) in [6.07, 6.45) is 0. The van der Waals surface area contributed by atoms with Gasteiger partial charge >= 0.3 is 0 Å². The van der Waals surface area contributed by atoms with Crippen molar-refractivity contribution in [1.82, 2.24) is 5.32 Å². The van der Waals surface area contributed by atoms with Gasteiger partial charge in [0.25, 0.3) is 0 Å². The molecule has 1 aliphatic heterocycles. The lowest BCUT2D eigenvalue weighted by atomic mass is 9.87. The zero-order chi connectivity index (χ0) is 15.6. The van der Waals surface area contributed by atoms with E-state index in [1.165, 1.54) is 18.2 Å². The van der Waals surface area contributed by atoms with Gasteiger partial charge in [-0.15, -0.1) is 0 Å². The van der Waals surface area contributed by atoms with Gasteiger partial charge in [-0.3, -0.25) is 0 Å². The molecule has 3 rings (SSSR count). The SMILES string of the molecule is OCC1(CNCc2ccc(-c3c(F)cccc3F)o2)COC1. The fraction of sp³-hybridized carbons (Fsp3) is 0.375. The van der Waals surface area contributed by atoms with Gasteiger partial charge in [-0.2, -0.15) is 0 Å². The zero-order valence-electron chi connectivity index (χ0n) is 11.9. The van der Waals surface area contributed by atoms with E-state index in [0.29, 0.717) is 32.1 Å². The van der Waals surface area contributed by atoms with Crippen molar-refractivity contribution in [2.45, 2.75) is 6.54 Å². The lowest BCUT2D eigenvalue weighted by molar-refractivity contribution is -0.134. The molecule has 1 fully saturated rings. The van der Waals surface area contributed by atoms with Gasteiger partial charge in [0, 0.05) is 6.54 Å². The molecule has 118 valence electrons. The standard InChI is InChI=1S/C16H17F2NO3/c17-12-2-1-3-13(18)15(12)14-5-4-11(22-14)6-19-7-16(8-20)9-21-10-16/h1-5,19-20H,6-10H2. The van der Waals surface area contributed by atoms with Gasteiger partial charge in [0.15, 0.2) is 0 Å². The molecule has 6 heteroatoms. The highest BCUT2D eigenvalue weighted by Gasteiger charge is 2.37. The number of nitrogens with one attached hydrogen (secondary N) is 1. The summed E-state index contributed by atoms with van der Waals surface area (Å²) in [6, 6.07) is 6.93. The molecule has 1 aromatic carbocycles. The van der Waals surface area contributed by atoms with Crippen molar-refractivity contribution in [2.24, 2.45) is 5.41 Å². The summed E-state index contributed by atoms with van der Waals surface area (Å²) in [4.78, 5) is 0. The molecule has 0 saturated carbocycles. The Balaban J connectivity index is 1.64. The van der Waals surface area contributed by atoms with Crippen molar-refractivity contribution in [3.05, 3.63) is 47.7 Å². The normalized spacial score (nSPS) is 16.5. The number of rotatable bonds is 6. The smallest absolute Gasteiger partial charge is 0.140 e. The average molecular weight is 309 g/mol. The third-order valence-electron chi connectivity index (χ3n) is 3.82. The van der Waals surface area contributed by atoms with Crippen LogP contribution in [0.25, 0.3) is 11.3 Å². The van der Waals surface area contributed by atoms with E-state index in [-0.39, 0.29) is 23.3 Å². The number of furan rings is 1. The number of hydrogen-bond acceptors (Lipinski definition) is 4. The number of benzene rings is 1. The Hall–Kier alpha value is -1.76. The molecule has 2 N–H and O–H groups in total. The van der Waals surface area contributed by atoms with Crippen LogP contribution in [0.1, 0.15) is 5.76 Å². The van der Waals surface area contributed by atoms with E-state index in [2.05, 4.69) is 5.32 Å². The number of halogens is 2. The third kappa shape index (κ3) is 2.90. The van der Waals surface area contributed by atoms with Crippen LogP contribution in [0.5, 0.6) is 0 Å². The van der Waals surface area contributed by atoms with E-state index in [0.717, 1.165) is 0 Å². The Labute approximate surface area is 126 Å². The van der Waals surface area contributed by atoms with E-state index >= 15 is 0 Å². The summed E-state index contributed by atoms with van der Waals surface area (Å²) >= 11 is 0. The van der Waals surface area contributed by atoms with Crippen LogP contribution in [0.15, 0.2) is 34.7 Å². The monoisotopic (exact) mass is 309 g/mol. The summed E-state index contributed by atoms with van der Waals surface area (Å²) in [5, 5.41) is 12.5.